The minimum Gasteiger partial charge on any atom is -0.382 e. The summed E-state index contributed by atoms with van der Waals surface area (Å²) in [4.78, 5) is 1.33. The number of hydrogen-bond acceptors (Lipinski definition) is 4. The van der Waals surface area contributed by atoms with Crippen molar-refractivity contribution in [1.82, 2.24) is 5.32 Å². The Kier molecular flexibility index (Phi) is 9.75. The van der Waals surface area contributed by atoms with Crippen molar-refractivity contribution in [2.75, 3.05) is 32.7 Å². The van der Waals surface area contributed by atoms with Crippen LogP contribution >= 0.6 is 11.8 Å². The zero-order valence-electron chi connectivity index (χ0n) is 12.9. The molecule has 1 aromatic carbocycles. The minimum atomic E-state index is 0.530. The summed E-state index contributed by atoms with van der Waals surface area (Å²) in [6.07, 6.45) is 1.07. The summed E-state index contributed by atoms with van der Waals surface area (Å²) in [7, 11) is 1.69. The van der Waals surface area contributed by atoms with Gasteiger partial charge in [0.1, 0.15) is 0 Å². The quantitative estimate of drug-likeness (QED) is 0.501. The average Bonchev–Trinajstić information content (AvgIpc) is 2.45. The van der Waals surface area contributed by atoms with Crippen LogP contribution in [0.15, 0.2) is 29.2 Å². The van der Waals surface area contributed by atoms with Gasteiger partial charge in [0.05, 0.1) is 13.2 Å². The van der Waals surface area contributed by atoms with Gasteiger partial charge in [-0.15, -0.1) is 11.8 Å². The van der Waals surface area contributed by atoms with Crippen molar-refractivity contribution in [1.29, 1.82) is 0 Å². The highest BCUT2D eigenvalue weighted by Crippen LogP contribution is 2.19. The molecule has 0 amide bonds. The third kappa shape index (κ3) is 8.59. The van der Waals surface area contributed by atoms with Gasteiger partial charge in [-0.05, 0) is 24.1 Å². The van der Waals surface area contributed by atoms with Crippen molar-refractivity contribution in [2.45, 2.75) is 37.8 Å². The topological polar surface area (TPSA) is 30.5 Å². The summed E-state index contributed by atoms with van der Waals surface area (Å²) in [6.45, 7) is 7.46. The second-order valence-electron chi connectivity index (χ2n) is 4.99. The normalized spacial score (nSPS) is 11.2. The summed E-state index contributed by atoms with van der Waals surface area (Å²) >= 11 is 1.89. The molecule has 0 bridgehead atoms. The lowest BCUT2D eigenvalue weighted by molar-refractivity contribution is 0.0713. The Hall–Kier alpha value is -0.550. The van der Waals surface area contributed by atoms with Gasteiger partial charge in [-0.3, -0.25) is 0 Å². The molecular weight excluding hydrogens is 270 g/mol. The van der Waals surface area contributed by atoms with Crippen LogP contribution < -0.4 is 5.32 Å². The molecular formula is C16H27NO2S. The Balaban J connectivity index is 2.12. The van der Waals surface area contributed by atoms with Gasteiger partial charge in [-0.25, -0.2) is 0 Å². The molecule has 0 aliphatic heterocycles. The Morgan fingerprint density at radius 1 is 1.10 bits per heavy atom. The monoisotopic (exact) mass is 297 g/mol. The molecule has 3 nitrogen and oxygen atoms in total. The highest BCUT2D eigenvalue weighted by Gasteiger charge is 1.98. The molecule has 0 heterocycles. The molecule has 0 atom stereocenters. The summed E-state index contributed by atoms with van der Waals surface area (Å²) < 4.78 is 10.4. The first-order valence-corrected chi connectivity index (χ1v) is 8.22. The largest absolute Gasteiger partial charge is 0.382 e. The SMILES string of the molecule is COCCOCCCSc1ccc(CNC(C)C)cc1. The van der Waals surface area contributed by atoms with Gasteiger partial charge in [0.2, 0.25) is 0 Å². The van der Waals surface area contributed by atoms with E-state index in [4.69, 9.17) is 9.47 Å². The molecule has 20 heavy (non-hydrogen) atoms. The lowest BCUT2D eigenvalue weighted by Crippen LogP contribution is -2.21. The van der Waals surface area contributed by atoms with Crippen LogP contribution in [0.4, 0.5) is 0 Å². The Bertz CT molecular complexity index is 341. The highest BCUT2D eigenvalue weighted by atomic mass is 32.2. The first-order chi connectivity index (χ1) is 9.72. The fraction of sp³-hybridized carbons (Fsp3) is 0.625. The lowest BCUT2D eigenvalue weighted by Gasteiger charge is -2.08. The second-order valence-corrected chi connectivity index (χ2v) is 6.16. The number of thioether (sulfide) groups is 1. The van der Waals surface area contributed by atoms with Crippen LogP contribution in [0.25, 0.3) is 0 Å². The summed E-state index contributed by atoms with van der Waals surface area (Å²) in [5, 5.41) is 3.42. The van der Waals surface area contributed by atoms with Crippen LogP contribution in [0.5, 0.6) is 0 Å². The fourth-order valence-corrected chi connectivity index (χ4v) is 2.45. The standard InChI is InChI=1S/C16H27NO2S/c1-14(2)17-13-15-5-7-16(8-6-15)20-12-4-9-19-11-10-18-3/h5-8,14,17H,4,9-13H2,1-3H3. The van der Waals surface area contributed by atoms with Gasteiger partial charge in [-0.1, -0.05) is 26.0 Å². The maximum Gasteiger partial charge on any atom is 0.0700 e. The Morgan fingerprint density at radius 3 is 2.50 bits per heavy atom. The van der Waals surface area contributed by atoms with Gasteiger partial charge < -0.3 is 14.8 Å². The Labute approximate surface area is 127 Å². The maximum absolute atomic E-state index is 5.44. The molecule has 0 aliphatic carbocycles. The van der Waals surface area contributed by atoms with E-state index in [1.807, 2.05) is 11.8 Å². The smallest absolute Gasteiger partial charge is 0.0700 e. The van der Waals surface area contributed by atoms with Crippen LogP contribution in [0.1, 0.15) is 25.8 Å². The minimum absolute atomic E-state index is 0.530. The number of hydrogen-bond donors (Lipinski definition) is 1. The third-order valence-corrected chi connectivity index (χ3v) is 3.87. The van der Waals surface area contributed by atoms with Crippen molar-refractivity contribution in [3.8, 4) is 0 Å². The molecule has 0 fully saturated rings. The van der Waals surface area contributed by atoms with E-state index >= 15 is 0 Å². The van der Waals surface area contributed by atoms with Crippen LogP contribution in [0, 0.1) is 0 Å². The highest BCUT2D eigenvalue weighted by molar-refractivity contribution is 7.99. The lowest BCUT2D eigenvalue weighted by atomic mass is 10.2. The number of rotatable bonds is 11. The summed E-state index contributed by atoms with van der Waals surface area (Å²) in [6, 6.07) is 9.34. The number of methoxy groups -OCH3 is 1. The maximum atomic E-state index is 5.44. The van der Waals surface area contributed by atoms with Crippen LogP contribution in [-0.2, 0) is 16.0 Å². The first-order valence-electron chi connectivity index (χ1n) is 7.24. The molecule has 0 aliphatic rings. The molecule has 0 saturated heterocycles. The molecule has 0 spiro atoms. The van der Waals surface area contributed by atoms with Gasteiger partial charge in [0.25, 0.3) is 0 Å². The molecule has 1 aromatic rings. The van der Waals surface area contributed by atoms with E-state index < -0.39 is 0 Å². The molecule has 0 aromatic heterocycles. The number of ether oxygens (including phenoxy) is 2. The van der Waals surface area contributed by atoms with Crippen LogP contribution in [0.3, 0.4) is 0 Å². The van der Waals surface area contributed by atoms with Crippen molar-refractivity contribution in [3.63, 3.8) is 0 Å². The van der Waals surface area contributed by atoms with Crippen LogP contribution in [-0.4, -0.2) is 38.7 Å². The van der Waals surface area contributed by atoms with Gasteiger partial charge in [-0.2, -0.15) is 0 Å². The summed E-state index contributed by atoms with van der Waals surface area (Å²) in [5.74, 6) is 1.09. The van der Waals surface area contributed by atoms with E-state index in [2.05, 4.69) is 43.4 Å². The van der Waals surface area contributed by atoms with Gasteiger partial charge in [0.15, 0.2) is 0 Å². The summed E-state index contributed by atoms with van der Waals surface area (Å²) in [5.41, 5.74) is 1.34. The van der Waals surface area contributed by atoms with Crippen molar-refractivity contribution >= 4 is 11.8 Å². The van der Waals surface area contributed by atoms with Crippen molar-refractivity contribution in [3.05, 3.63) is 29.8 Å². The molecule has 1 N–H and O–H groups in total. The average molecular weight is 297 g/mol. The second kappa shape index (κ2) is 11.1. The van der Waals surface area contributed by atoms with E-state index in [1.54, 1.807) is 7.11 Å². The molecule has 0 radical (unpaired) electrons. The molecule has 114 valence electrons. The van der Waals surface area contributed by atoms with E-state index in [9.17, 15) is 0 Å². The zero-order valence-corrected chi connectivity index (χ0v) is 13.7. The third-order valence-electron chi connectivity index (χ3n) is 2.77. The first kappa shape index (κ1) is 17.5. The molecule has 4 heteroatoms. The molecule has 0 saturated carbocycles. The number of benzene rings is 1. The fourth-order valence-electron chi connectivity index (χ4n) is 1.62. The van der Waals surface area contributed by atoms with Gasteiger partial charge >= 0.3 is 0 Å². The van der Waals surface area contributed by atoms with E-state index in [0.29, 0.717) is 19.3 Å². The van der Waals surface area contributed by atoms with Crippen molar-refractivity contribution in [2.24, 2.45) is 0 Å². The van der Waals surface area contributed by atoms with E-state index in [-0.39, 0.29) is 0 Å². The van der Waals surface area contributed by atoms with E-state index in [0.717, 1.165) is 25.3 Å². The number of nitrogens with one attached hydrogen (secondary N) is 1. The van der Waals surface area contributed by atoms with Crippen LogP contribution in [0.2, 0.25) is 0 Å². The Morgan fingerprint density at radius 2 is 1.85 bits per heavy atom. The molecule has 1 rings (SSSR count). The predicted molar refractivity (Wildman–Crippen MR) is 86.5 cm³/mol. The van der Waals surface area contributed by atoms with E-state index in [1.165, 1.54) is 10.5 Å². The van der Waals surface area contributed by atoms with Gasteiger partial charge in [0, 0.05) is 37.0 Å². The predicted octanol–water partition coefficient (Wildman–Crippen LogP) is 3.33. The molecule has 0 unspecified atom stereocenters. The van der Waals surface area contributed by atoms with Crippen molar-refractivity contribution < 1.29 is 9.47 Å². The zero-order chi connectivity index (χ0) is 14.6.